The molecule has 0 unspecified atom stereocenters. The Labute approximate surface area is 281 Å². The third-order valence-corrected chi connectivity index (χ3v) is 11.3. The number of carbonyl (C=O) groups is 5. The Kier molecular flexibility index (Phi) is 9.05. The molecule has 0 bridgehead atoms. The highest BCUT2D eigenvalue weighted by atomic mass is 35.5. The topological polar surface area (TPSA) is 146 Å². The fourth-order valence-electron chi connectivity index (χ4n) is 7.31. The minimum atomic E-state index is -1.04. The summed E-state index contributed by atoms with van der Waals surface area (Å²) in [6.07, 6.45) is 2.61. The van der Waals surface area contributed by atoms with E-state index in [0.29, 0.717) is 23.6 Å². The van der Waals surface area contributed by atoms with Gasteiger partial charge in [-0.1, -0.05) is 90.2 Å². The van der Waals surface area contributed by atoms with Crippen LogP contribution in [0.15, 0.2) is 29.4 Å². The maximum absolute atomic E-state index is 14.6. The summed E-state index contributed by atoms with van der Waals surface area (Å²) in [7, 11) is 1.37. The number of benzene rings is 1. The van der Waals surface area contributed by atoms with Gasteiger partial charge in [0, 0.05) is 36.4 Å². The van der Waals surface area contributed by atoms with Crippen molar-refractivity contribution in [2.45, 2.75) is 104 Å². The second kappa shape index (κ2) is 12.2. The van der Waals surface area contributed by atoms with Crippen molar-refractivity contribution in [3.63, 3.8) is 0 Å². The molecule has 1 spiro atoms. The highest BCUT2D eigenvalue weighted by molar-refractivity contribution is 6.38. The van der Waals surface area contributed by atoms with Gasteiger partial charge in [-0.25, -0.2) is 0 Å². The summed E-state index contributed by atoms with van der Waals surface area (Å²) >= 11 is 6.24. The van der Waals surface area contributed by atoms with Gasteiger partial charge >= 0.3 is 0 Å². The summed E-state index contributed by atoms with van der Waals surface area (Å²) in [6, 6.07) is 4.22. The van der Waals surface area contributed by atoms with Crippen LogP contribution in [0.3, 0.4) is 0 Å². The average Bonchev–Trinajstić information content (AvgIpc) is 3.73. The van der Waals surface area contributed by atoms with Crippen LogP contribution in [0, 0.1) is 28.1 Å². The summed E-state index contributed by atoms with van der Waals surface area (Å²) in [4.78, 5) is 75.2. The molecule has 2 heterocycles. The minimum Gasteiger partial charge on any atom is -0.387 e. The molecule has 47 heavy (non-hydrogen) atoms. The predicted octanol–water partition coefficient (Wildman–Crippen LogP) is 3.62. The lowest BCUT2D eigenvalue weighted by Crippen LogP contribution is -2.59. The molecule has 0 radical (unpaired) electrons. The van der Waals surface area contributed by atoms with E-state index >= 15 is 0 Å². The van der Waals surface area contributed by atoms with Crippen molar-refractivity contribution in [3.05, 3.63) is 34.9 Å². The van der Waals surface area contributed by atoms with Crippen molar-refractivity contribution in [2.75, 3.05) is 13.6 Å². The Bertz CT molecular complexity index is 1500. The van der Waals surface area contributed by atoms with Crippen molar-refractivity contribution >= 4 is 46.7 Å². The lowest BCUT2D eigenvalue weighted by atomic mass is 9.85. The molecule has 11 nitrogen and oxygen atoms in total. The molecule has 2 aliphatic heterocycles. The number of hydrogen-bond donors (Lipinski definition) is 3. The number of likely N-dealkylation sites (N-methyl/N-ethyl adjacent to an activating group) is 1. The van der Waals surface area contributed by atoms with Crippen LogP contribution in [0.2, 0.25) is 5.02 Å². The number of nitrogens with zero attached hydrogens (tertiary/aromatic N) is 2. The van der Waals surface area contributed by atoms with E-state index in [4.69, 9.17) is 16.4 Å². The van der Waals surface area contributed by atoms with Gasteiger partial charge in [-0.15, -0.1) is 0 Å². The molecule has 3 fully saturated rings. The smallest absolute Gasteiger partial charge is 0.289 e. The van der Waals surface area contributed by atoms with Crippen molar-refractivity contribution in [1.29, 1.82) is 0 Å². The van der Waals surface area contributed by atoms with Gasteiger partial charge in [0.25, 0.3) is 5.91 Å². The van der Waals surface area contributed by atoms with Gasteiger partial charge in [-0.2, -0.15) is 0 Å². The van der Waals surface area contributed by atoms with Crippen molar-refractivity contribution in [2.24, 2.45) is 33.2 Å². The molecule has 4 aliphatic rings. The van der Waals surface area contributed by atoms with Gasteiger partial charge < -0.3 is 25.7 Å². The average molecular weight is 670 g/mol. The summed E-state index contributed by atoms with van der Waals surface area (Å²) < 4.78 is 0. The van der Waals surface area contributed by atoms with Crippen LogP contribution >= 0.6 is 11.6 Å². The van der Waals surface area contributed by atoms with E-state index < -0.39 is 52.6 Å². The van der Waals surface area contributed by atoms with E-state index in [9.17, 15) is 24.0 Å². The van der Waals surface area contributed by atoms with Crippen LogP contribution in [0.25, 0.3) is 0 Å². The fourth-order valence-corrected chi connectivity index (χ4v) is 7.50. The summed E-state index contributed by atoms with van der Waals surface area (Å²) in [6.45, 7) is 13.8. The lowest BCUT2D eigenvalue weighted by molar-refractivity contribution is -0.145. The normalized spacial score (nSPS) is 25.8. The van der Waals surface area contributed by atoms with Crippen LogP contribution in [0.4, 0.5) is 0 Å². The van der Waals surface area contributed by atoms with Gasteiger partial charge in [0.05, 0.1) is 18.3 Å². The number of likely N-dealkylation sites (tertiary alicyclic amines) is 1. The molecule has 1 saturated heterocycles. The number of carbonyl (C=O) groups excluding carboxylic acids is 5. The molecule has 3 N–H and O–H groups in total. The minimum absolute atomic E-state index is 0.0387. The zero-order chi connectivity index (χ0) is 34.7. The molecule has 4 amide bonds. The monoisotopic (exact) mass is 669 g/mol. The first-order valence-electron chi connectivity index (χ1n) is 16.5. The fraction of sp³-hybridized carbons (Fsp3) is 0.657. The Morgan fingerprint density at radius 2 is 1.70 bits per heavy atom. The molecule has 1 aromatic rings. The number of amides is 4. The zero-order valence-electron chi connectivity index (χ0n) is 28.7. The molecule has 5 rings (SSSR count). The van der Waals surface area contributed by atoms with E-state index in [1.54, 1.807) is 12.1 Å². The highest BCUT2D eigenvalue weighted by Gasteiger charge is 2.68. The summed E-state index contributed by atoms with van der Waals surface area (Å²) in [5, 5.41) is 13.1. The SMILES string of the molecule is CNC(=O)C(=O)[C@H](CC1CC1)NC(=O)[C@@H]1C[C@]2(CC(c3cccc(Cl)c3)=NO2)CN1C(=O)[C@@H](NC(=O)C1C(C)(C)C1(C)C)C(C)(C)C. The number of rotatable bonds is 10. The largest absolute Gasteiger partial charge is 0.387 e. The molecule has 0 aromatic heterocycles. The van der Waals surface area contributed by atoms with Crippen LogP contribution in [0.1, 0.15) is 86.1 Å². The van der Waals surface area contributed by atoms with Gasteiger partial charge in [0.1, 0.15) is 12.1 Å². The first-order chi connectivity index (χ1) is 21.8. The van der Waals surface area contributed by atoms with Crippen molar-refractivity contribution in [1.82, 2.24) is 20.9 Å². The maximum Gasteiger partial charge on any atom is 0.289 e. The maximum atomic E-state index is 14.6. The van der Waals surface area contributed by atoms with Crippen molar-refractivity contribution < 1.29 is 28.8 Å². The quantitative estimate of drug-likeness (QED) is 0.325. The van der Waals surface area contributed by atoms with Crippen molar-refractivity contribution in [3.8, 4) is 0 Å². The molecule has 12 heteroatoms. The van der Waals surface area contributed by atoms with E-state index in [-0.39, 0.29) is 41.5 Å². The Hall–Kier alpha value is -3.47. The molecule has 2 aliphatic carbocycles. The lowest BCUT2D eigenvalue weighted by Gasteiger charge is -2.36. The Morgan fingerprint density at radius 3 is 2.26 bits per heavy atom. The predicted molar refractivity (Wildman–Crippen MR) is 177 cm³/mol. The highest BCUT2D eigenvalue weighted by Crippen LogP contribution is 2.68. The van der Waals surface area contributed by atoms with Gasteiger partial charge in [0.15, 0.2) is 5.60 Å². The standard InChI is InChI=1S/C35H48ClN5O6/c1-32(2,3)27(39-30(45)26-33(4,5)34(26,6)7)31(46)41-18-35(16-23(40-47-35)20-10-9-11-21(36)15-20)17-24(41)28(43)38-22(14-19-12-13-19)25(42)29(44)37-8/h9-11,15,19,22,24,26-27H,12-14,16-18H2,1-8H3,(H,37,44)(H,38,43)(H,39,45)/t22-,24-,27+,35+/m0/s1. The molecule has 1 aromatic carbocycles. The Balaban J connectivity index is 1.43. The number of oxime groups is 1. The van der Waals surface area contributed by atoms with E-state index in [1.165, 1.54) is 11.9 Å². The molecular weight excluding hydrogens is 622 g/mol. The number of ketones is 1. The second-order valence-electron chi connectivity index (χ2n) is 16.1. The van der Waals surface area contributed by atoms with Gasteiger partial charge in [-0.05, 0) is 40.7 Å². The van der Waals surface area contributed by atoms with Gasteiger partial charge in [0.2, 0.25) is 23.5 Å². The number of Topliss-reactive ketones (excluding diaryl/α,β-unsaturated/α-hetero) is 1. The molecule has 256 valence electrons. The van der Waals surface area contributed by atoms with Crippen LogP contribution in [-0.4, -0.2) is 77.3 Å². The van der Waals surface area contributed by atoms with E-state index in [0.717, 1.165) is 18.4 Å². The molecular formula is C35H48ClN5O6. The first kappa shape index (κ1) is 34.9. The summed E-state index contributed by atoms with van der Waals surface area (Å²) in [5.74, 6) is -2.72. The molecule has 4 atom stereocenters. The Morgan fingerprint density at radius 1 is 1.04 bits per heavy atom. The van der Waals surface area contributed by atoms with E-state index in [2.05, 4.69) is 21.1 Å². The number of halogens is 1. The number of nitrogens with one attached hydrogen (secondary N) is 3. The third kappa shape index (κ3) is 6.78. The first-order valence-corrected chi connectivity index (χ1v) is 16.9. The van der Waals surface area contributed by atoms with Crippen LogP contribution < -0.4 is 16.0 Å². The summed E-state index contributed by atoms with van der Waals surface area (Å²) in [5.41, 5.74) is -0.768. The van der Waals surface area contributed by atoms with E-state index in [1.807, 2.05) is 60.6 Å². The molecule has 2 saturated carbocycles. The third-order valence-electron chi connectivity index (χ3n) is 11.0. The van der Waals surface area contributed by atoms with Gasteiger partial charge in [-0.3, -0.25) is 24.0 Å². The van der Waals surface area contributed by atoms with Crippen LogP contribution in [0.5, 0.6) is 0 Å². The number of hydrogen-bond acceptors (Lipinski definition) is 7. The zero-order valence-corrected chi connectivity index (χ0v) is 29.4. The van der Waals surface area contributed by atoms with Crippen LogP contribution in [-0.2, 0) is 28.8 Å². The second-order valence-corrected chi connectivity index (χ2v) is 16.5.